The van der Waals surface area contributed by atoms with Crippen molar-refractivity contribution in [1.29, 1.82) is 0 Å². The van der Waals surface area contributed by atoms with Crippen LogP contribution in [0.2, 0.25) is 0 Å². The van der Waals surface area contributed by atoms with Gasteiger partial charge >= 0.3 is 12.1 Å². The first-order chi connectivity index (χ1) is 21.3. The number of nitrogens with two attached hydrogens (primary N) is 1. The number of nitrogens with one attached hydrogen (secondary N) is 3. The highest BCUT2D eigenvalue weighted by molar-refractivity contribution is 5.91. The van der Waals surface area contributed by atoms with E-state index in [1.807, 2.05) is 18.2 Å². The molecule has 0 aliphatic heterocycles. The molecule has 4 rings (SSSR count). The van der Waals surface area contributed by atoms with Crippen LogP contribution in [0.25, 0.3) is 11.2 Å². The highest BCUT2D eigenvalue weighted by Crippen LogP contribution is 2.25. The minimum atomic E-state index is -1.06. The van der Waals surface area contributed by atoms with Gasteiger partial charge in [0.25, 0.3) is 6.01 Å². The number of alkyl carbamates (subject to hydrolysis) is 1. The second kappa shape index (κ2) is 15.2. The summed E-state index contributed by atoms with van der Waals surface area (Å²) in [7, 11) is 1.20. The highest BCUT2D eigenvalue weighted by Gasteiger charge is 2.23. The lowest BCUT2D eigenvalue weighted by Crippen LogP contribution is -2.42. The molecule has 0 spiro atoms. The van der Waals surface area contributed by atoms with Crippen molar-refractivity contribution in [3.05, 3.63) is 65.7 Å². The summed E-state index contributed by atoms with van der Waals surface area (Å²) >= 11 is 0. The van der Waals surface area contributed by atoms with Crippen LogP contribution in [-0.4, -0.2) is 62.3 Å². The van der Waals surface area contributed by atoms with Gasteiger partial charge in [0.05, 0.1) is 13.7 Å². The maximum absolute atomic E-state index is 12.6. The Morgan fingerprint density at radius 1 is 1.02 bits per heavy atom. The summed E-state index contributed by atoms with van der Waals surface area (Å²) in [4.78, 5) is 49.9. The molecule has 44 heavy (non-hydrogen) atoms. The summed E-state index contributed by atoms with van der Waals surface area (Å²) in [5.41, 5.74) is 8.88. The number of nitrogen functional groups attached to an aromatic ring is 1. The lowest BCUT2D eigenvalue weighted by atomic mass is 10.1. The smallest absolute Gasteiger partial charge is 0.408 e. The zero-order chi connectivity index (χ0) is 31.5. The molecule has 14 heteroatoms. The van der Waals surface area contributed by atoms with Crippen molar-refractivity contribution in [1.82, 2.24) is 24.8 Å². The number of amides is 2. The summed E-state index contributed by atoms with van der Waals surface area (Å²) in [6.45, 7) is 3.05. The van der Waals surface area contributed by atoms with Crippen molar-refractivity contribution >= 4 is 46.6 Å². The third-order valence-corrected chi connectivity index (χ3v) is 6.64. The number of nitrogens with zero attached hydrogens (tertiary/aromatic N) is 4. The van der Waals surface area contributed by atoms with Gasteiger partial charge in [-0.25, -0.2) is 9.59 Å². The predicted octanol–water partition coefficient (Wildman–Crippen LogP) is 3.56. The first kappa shape index (κ1) is 31.5. The number of rotatable bonds is 14. The van der Waals surface area contributed by atoms with E-state index in [0.29, 0.717) is 29.3 Å². The Morgan fingerprint density at radius 2 is 1.77 bits per heavy atom. The topological polar surface area (TPSA) is 196 Å². The van der Waals surface area contributed by atoms with Crippen LogP contribution in [0.5, 0.6) is 6.01 Å². The lowest BCUT2D eigenvalue weighted by Gasteiger charge is -2.16. The molecule has 0 saturated heterocycles. The van der Waals surface area contributed by atoms with Gasteiger partial charge in [-0.3, -0.25) is 9.36 Å². The third kappa shape index (κ3) is 8.56. The second-order valence-corrected chi connectivity index (χ2v) is 9.95. The van der Waals surface area contributed by atoms with Crippen LogP contribution in [0, 0.1) is 0 Å². The van der Waals surface area contributed by atoms with Gasteiger partial charge in [-0.15, -0.1) is 0 Å². The predicted molar refractivity (Wildman–Crippen MR) is 164 cm³/mol. The van der Waals surface area contributed by atoms with Crippen molar-refractivity contribution in [3.8, 4) is 6.01 Å². The fourth-order valence-electron chi connectivity index (χ4n) is 4.29. The van der Waals surface area contributed by atoms with E-state index in [-0.39, 0.29) is 43.7 Å². The number of unbranched alkanes of at least 4 members (excludes halogenated alkanes) is 1. The first-order valence-corrected chi connectivity index (χ1v) is 14.2. The summed E-state index contributed by atoms with van der Waals surface area (Å²) in [5, 5.41) is 18.8. The number of methoxy groups -OCH3 is 1. The molecule has 6 N–H and O–H groups in total. The Hall–Kier alpha value is -5.40. The molecule has 14 nitrogen and oxygen atoms in total. The SMILES string of the molecule is CCCCNc1nc(N)c2nc(O)n(Cc3ccc(NC(=O)CC[C@H](NC(=O)OCc4ccccc4)C(=O)OC)cc3)c2n1. The van der Waals surface area contributed by atoms with E-state index in [4.69, 9.17) is 15.2 Å². The molecule has 1 atom stereocenters. The number of benzene rings is 2. The number of ether oxygens (including phenoxy) is 2. The van der Waals surface area contributed by atoms with Crippen LogP contribution in [-0.2, 0) is 32.2 Å². The first-order valence-electron chi connectivity index (χ1n) is 14.2. The Morgan fingerprint density at radius 3 is 2.48 bits per heavy atom. The Bertz CT molecular complexity index is 1580. The molecule has 232 valence electrons. The van der Waals surface area contributed by atoms with Crippen molar-refractivity contribution in [2.24, 2.45) is 0 Å². The number of hydrogen-bond acceptors (Lipinski definition) is 11. The van der Waals surface area contributed by atoms with E-state index in [1.54, 1.807) is 36.4 Å². The van der Waals surface area contributed by atoms with Crippen LogP contribution in [0.15, 0.2) is 54.6 Å². The van der Waals surface area contributed by atoms with Crippen molar-refractivity contribution in [2.45, 2.75) is 51.8 Å². The molecule has 4 aromatic rings. The summed E-state index contributed by atoms with van der Waals surface area (Å²) < 4.78 is 11.5. The quantitative estimate of drug-likeness (QED) is 0.104. The van der Waals surface area contributed by atoms with E-state index < -0.39 is 18.1 Å². The van der Waals surface area contributed by atoms with E-state index >= 15 is 0 Å². The van der Waals surface area contributed by atoms with E-state index in [9.17, 15) is 19.5 Å². The van der Waals surface area contributed by atoms with Crippen LogP contribution < -0.4 is 21.7 Å². The number of carbonyl (C=O) groups excluding carboxylic acids is 3. The van der Waals surface area contributed by atoms with E-state index in [0.717, 1.165) is 24.0 Å². The van der Waals surface area contributed by atoms with Crippen LogP contribution >= 0.6 is 0 Å². The maximum Gasteiger partial charge on any atom is 0.408 e. The molecule has 0 aliphatic carbocycles. The van der Waals surface area contributed by atoms with Gasteiger partial charge in [-0.1, -0.05) is 55.8 Å². The normalized spacial score (nSPS) is 11.5. The van der Waals surface area contributed by atoms with Gasteiger partial charge in [0, 0.05) is 18.7 Å². The van der Waals surface area contributed by atoms with Crippen molar-refractivity contribution in [2.75, 3.05) is 30.0 Å². The molecule has 0 unspecified atom stereocenters. The zero-order valence-electron chi connectivity index (χ0n) is 24.6. The number of carbonyl (C=O) groups is 3. The molecule has 0 saturated carbocycles. The molecule has 0 radical (unpaired) electrons. The molecular formula is C30H36N8O6. The second-order valence-electron chi connectivity index (χ2n) is 9.95. The molecule has 0 fully saturated rings. The number of imidazole rings is 1. The van der Waals surface area contributed by atoms with E-state index in [1.165, 1.54) is 11.7 Å². The molecule has 2 amide bonds. The number of aromatic hydroxyl groups is 1. The number of anilines is 3. The third-order valence-electron chi connectivity index (χ3n) is 6.64. The minimum absolute atomic E-state index is 0.00425. The van der Waals surface area contributed by atoms with Crippen LogP contribution in [0.3, 0.4) is 0 Å². The molecular weight excluding hydrogens is 568 g/mol. The fourth-order valence-corrected chi connectivity index (χ4v) is 4.29. The number of aromatic nitrogens is 4. The standard InChI is InChI=1S/C30H36N8O6/c1-3-4-16-32-28-36-25(31)24-26(37-28)38(29(41)35-24)17-19-10-12-21(13-11-19)33-23(39)15-14-22(27(40)43-2)34-30(42)44-18-20-8-6-5-7-9-20/h5-13,22H,3-4,14-18H2,1-2H3,(H,33,39)(H,34,42)(H,35,41)(H3,31,32,36,37)/t22-/m0/s1. The van der Waals surface area contributed by atoms with Gasteiger partial charge in [-0.2, -0.15) is 15.0 Å². The molecule has 2 heterocycles. The maximum atomic E-state index is 12.6. The number of hydrogen-bond donors (Lipinski definition) is 5. The Balaban J connectivity index is 1.32. The molecule has 2 aromatic carbocycles. The zero-order valence-corrected chi connectivity index (χ0v) is 24.6. The lowest BCUT2D eigenvalue weighted by molar-refractivity contribution is -0.143. The van der Waals surface area contributed by atoms with Crippen LogP contribution in [0.4, 0.5) is 22.2 Å². The summed E-state index contributed by atoms with van der Waals surface area (Å²) in [6.07, 6.45) is 1.10. The van der Waals surface area contributed by atoms with Gasteiger partial charge in [0.2, 0.25) is 11.9 Å². The average Bonchev–Trinajstić information content (AvgIpc) is 3.34. The fraction of sp³-hybridized carbons (Fsp3) is 0.333. The molecule has 0 bridgehead atoms. The summed E-state index contributed by atoms with van der Waals surface area (Å²) in [6, 6.07) is 14.8. The van der Waals surface area contributed by atoms with Crippen molar-refractivity contribution in [3.63, 3.8) is 0 Å². The number of fused-ring (bicyclic) bond motifs is 1. The van der Waals surface area contributed by atoms with Gasteiger partial charge in [0.1, 0.15) is 12.6 Å². The minimum Gasteiger partial charge on any atom is -0.480 e. The van der Waals surface area contributed by atoms with Crippen molar-refractivity contribution < 1.29 is 29.0 Å². The van der Waals surface area contributed by atoms with E-state index in [2.05, 4.69) is 37.8 Å². The number of esters is 1. The summed E-state index contributed by atoms with van der Waals surface area (Å²) in [5.74, 6) is -0.532. The van der Waals surface area contributed by atoms with Crippen LogP contribution in [0.1, 0.15) is 43.7 Å². The van der Waals surface area contributed by atoms with Gasteiger partial charge in [0.15, 0.2) is 17.0 Å². The average molecular weight is 605 g/mol. The molecule has 2 aromatic heterocycles. The highest BCUT2D eigenvalue weighted by atomic mass is 16.6. The van der Waals surface area contributed by atoms with Gasteiger partial charge in [-0.05, 0) is 36.1 Å². The Labute approximate surface area is 254 Å². The molecule has 0 aliphatic rings. The largest absolute Gasteiger partial charge is 0.480 e. The monoisotopic (exact) mass is 604 g/mol. The van der Waals surface area contributed by atoms with Gasteiger partial charge < -0.3 is 36.3 Å². The Kier molecular flexibility index (Phi) is 10.9.